The molecule has 0 aliphatic heterocycles. The number of ether oxygens (including phenoxy) is 1. The monoisotopic (exact) mass is 491 g/mol. The highest BCUT2D eigenvalue weighted by Crippen LogP contribution is 2.40. The quantitative estimate of drug-likeness (QED) is 0.333. The molecular weight excluding hydrogens is 453 g/mol. The van der Waals surface area contributed by atoms with Crippen LogP contribution in [0.2, 0.25) is 0 Å². The average Bonchev–Trinajstić information content (AvgIpc) is 3.18. The lowest BCUT2D eigenvalue weighted by Crippen LogP contribution is -2.46. The minimum atomic E-state index is 0. The number of aliphatic imine (C=N–C) groups is 1. The summed E-state index contributed by atoms with van der Waals surface area (Å²) >= 11 is 0. The molecule has 0 radical (unpaired) electrons. The SMILES string of the molecule is CN=C(NCC1(CCOC)CCCC1)NC(C)Cc1c(C)nn(C)c1C.I. The summed E-state index contributed by atoms with van der Waals surface area (Å²) in [5, 5.41) is 11.6. The van der Waals surface area contributed by atoms with Crippen LogP contribution < -0.4 is 10.6 Å². The van der Waals surface area contributed by atoms with Gasteiger partial charge in [0.1, 0.15) is 0 Å². The number of methoxy groups -OCH3 is 1. The predicted molar refractivity (Wildman–Crippen MR) is 123 cm³/mol. The van der Waals surface area contributed by atoms with Crippen LogP contribution in [0.4, 0.5) is 0 Å². The third-order valence-electron chi connectivity index (χ3n) is 5.91. The Morgan fingerprint density at radius 2 is 2.00 bits per heavy atom. The number of halogens is 1. The first-order valence-corrected chi connectivity index (χ1v) is 9.86. The second kappa shape index (κ2) is 11.2. The van der Waals surface area contributed by atoms with Gasteiger partial charge in [-0.15, -0.1) is 24.0 Å². The molecule has 1 saturated carbocycles. The molecule has 0 bridgehead atoms. The summed E-state index contributed by atoms with van der Waals surface area (Å²) in [6, 6.07) is 0.293. The van der Waals surface area contributed by atoms with Gasteiger partial charge in [0.05, 0.1) is 5.69 Å². The first-order chi connectivity index (χ1) is 12.4. The van der Waals surface area contributed by atoms with E-state index in [9.17, 15) is 0 Å². The van der Waals surface area contributed by atoms with E-state index in [1.54, 1.807) is 7.11 Å². The van der Waals surface area contributed by atoms with Crippen LogP contribution in [-0.2, 0) is 18.2 Å². The van der Waals surface area contributed by atoms with Crippen LogP contribution in [0.25, 0.3) is 0 Å². The number of guanidine groups is 1. The average molecular weight is 491 g/mol. The molecule has 1 aromatic heterocycles. The number of rotatable bonds is 8. The van der Waals surface area contributed by atoms with E-state index >= 15 is 0 Å². The van der Waals surface area contributed by atoms with Gasteiger partial charge in [-0.25, -0.2) is 0 Å². The summed E-state index contributed by atoms with van der Waals surface area (Å²) < 4.78 is 7.30. The van der Waals surface area contributed by atoms with E-state index in [4.69, 9.17) is 4.74 Å². The van der Waals surface area contributed by atoms with E-state index in [1.807, 2.05) is 18.8 Å². The van der Waals surface area contributed by atoms with Crippen molar-refractivity contribution in [2.24, 2.45) is 17.5 Å². The third kappa shape index (κ3) is 6.62. The van der Waals surface area contributed by atoms with Crippen molar-refractivity contribution < 1.29 is 4.74 Å². The fourth-order valence-electron chi connectivity index (χ4n) is 4.13. The van der Waals surface area contributed by atoms with Crippen molar-refractivity contribution in [2.45, 2.75) is 65.3 Å². The van der Waals surface area contributed by atoms with Crippen molar-refractivity contribution in [3.05, 3.63) is 17.0 Å². The molecule has 1 fully saturated rings. The number of nitrogens with zero attached hydrogens (tertiary/aromatic N) is 3. The maximum absolute atomic E-state index is 5.34. The van der Waals surface area contributed by atoms with Gasteiger partial charge in [-0.2, -0.15) is 5.10 Å². The fraction of sp³-hybridized carbons (Fsp3) is 0.800. The molecule has 1 atom stereocenters. The standard InChI is InChI=1S/C20H37N5O.HI/c1-15(13-18-16(2)24-25(5)17(18)3)23-19(21-4)22-14-20(11-12-26-6)9-7-8-10-20;/h15H,7-14H2,1-6H3,(H2,21,22,23);1H. The Kier molecular flexibility index (Phi) is 10.1. The van der Waals surface area contributed by atoms with Crippen LogP contribution in [0, 0.1) is 19.3 Å². The van der Waals surface area contributed by atoms with Crippen LogP contribution in [-0.4, -0.2) is 49.1 Å². The lowest BCUT2D eigenvalue weighted by atomic mass is 9.83. The van der Waals surface area contributed by atoms with Crippen LogP contribution >= 0.6 is 24.0 Å². The Hall–Kier alpha value is -0.830. The molecule has 0 aromatic carbocycles. The maximum atomic E-state index is 5.34. The van der Waals surface area contributed by atoms with Crippen molar-refractivity contribution in [3.63, 3.8) is 0 Å². The summed E-state index contributed by atoms with van der Waals surface area (Å²) in [6.45, 7) is 8.23. The minimum absolute atomic E-state index is 0. The summed E-state index contributed by atoms with van der Waals surface area (Å²) in [5.41, 5.74) is 4.04. The molecule has 156 valence electrons. The van der Waals surface area contributed by atoms with Crippen molar-refractivity contribution in [1.82, 2.24) is 20.4 Å². The van der Waals surface area contributed by atoms with Crippen LogP contribution in [0.3, 0.4) is 0 Å². The van der Waals surface area contributed by atoms with Gasteiger partial charge in [0, 0.05) is 46.1 Å². The van der Waals surface area contributed by atoms with Gasteiger partial charge < -0.3 is 15.4 Å². The Balaban J connectivity index is 0.00000364. The summed E-state index contributed by atoms with van der Waals surface area (Å²) in [6.07, 6.45) is 7.28. The second-order valence-electron chi connectivity index (χ2n) is 7.90. The molecular formula is C20H38IN5O. The molecule has 7 heteroatoms. The van der Waals surface area contributed by atoms with Crippen molar-refractivity contribution in [3.8, 4) is 0 Å². The normalized spacial score (nSPS) is 17.5. The largest absolute Gasteiger partial charge is 0.385 e. The molecule has 6 nitrogen and oxygen atoms in total. The molecule has 1 aliphatic carbocycles. The van der Waals surface area contributed by atoms with Crippen LogP contribution in [0.1, 0.15) is 56.0 Å². The van der Waals surface area contributed by atoms with E-state index in [-0.39, 0.29) is 24.0 Å². The number of aryl methyl sites for hydroxylation is 2. The minimum Gasteiger partial charge on any atom is -0.385 e. The lowest BCUT2D eigenvalue weighted by Gasteiger charge is -2.30. The van der Waals surface area contributed by atoms with Crippen LogP contribution in [0.15, 0.2) is 4.99 Å². The molecule has 0 spiro atoms. The van der Waals surface area contributed by atoms with E-state index in [2.05, 4.69) is 41.5 Å². The first-order valence-electron chi connectivity index (χ1n) is 9.86. The van der Waals surface area contributed by atoms with Gasteiger partial charge >= 0.3 is 0 Å². The molecule has 0 amide bonds. The molecule has 1 aliphatic rings. The van der Waals surface area contributed by atoms with Crippen molar-refractivity contribution in [1.29, 1.82) is 0 Å². The zero-order chi connectivity index (χ0) is 19.2. The smallest absolute Gasteiger partial charge is 0.191 e. The predicted octanol–water partition coefficient (Wildman–Crippen LogP) is 3.35. The van der Waals surface area contributed by atoms with Gasteiger partial charge in [-0.1, -0.05) is 12.8 Å². The van der Waals surface area contributed by atoms with Gasteiger partial charge in [0.25, 0.3) is 0 Å². The van der Waals surface area contributed by atoms with E-state index in [0.29, 0.717) is 11.5 Å². The number of nitrogens with one attached hydrogen (secondary N) is 2. The summed E-state index contributed by atoms with van der Waals surface area (Å²) in [5.74, 6) is 0.889. The van der Waals surface area contributed by atoms with Gasteiger partial charge in [-0.3, -0.25) is 9.67 Å². The van der Waals surface area contributed by atoms with Gasteiger partial charge in [0.2, 0.25) is 0 Å². The highest BCUT2D eigenvalue weighted by molar-refractivity contribution is 14.0. The zero-order valence-electron chi connectivity index (χ0n) is 17.9. The Labute approximate surface area is 181 Å². The topological polar surface area (TPSA) is 63.5 Å². The fourth-order valence-corrected chi connectivity index (χ4v) is 4.13. The highest BCUT2D eigenvalue weighted by Gasteiger charge is 2.33. The number of hydrogen-bond donors (Lipinski definition) is 2. The molecule has 2 rings (SSSR count). The maximum Gasteiger partial charge on any atom is 0.191 e. The lowest BCUT2D eigenvalue weighted by molar-refractivity contribution is 0.138. The van der Waals surface area contributed by atoms with E-state index in [0.717, 1.165) is 37.6 Å². The summed E-state index contributed by atoms with van der Waals surface area (Å²) in [4.78, 5) is 4.43. The third-order valence-corrected chi connectivity index (χ3v) is 5.91. The molecule has 27 heavy (non-hydrogen) atoms. The van der Waals surface area contributed by atoms with Gasteiger partial charge in [-0.05, 0) is 57.4 Å². The first kappa shape index (κ1) is 24.2. The zero-order valence-corrected chi connectivity index (χ0v) is 20.2. The van der Waals surface area contributed by atoms with Crippen molar-refractivity contribution >= 4 is 29.9 Å². The number of hydrogen-bond acceptors (Lipinski definition) is 3. The molecule has 1 heterocycles. The molecule has 2 N–H and O–H groups in total. The molecule has 1 aromatic rings. The Morgan fingerprint density at radius 1 is 1.33 bits per heavy atom. The Bertz CT molecular complexity index is 608. The second-order valence-corrected chi connectivity index (χ2v) is 7.90. The number of aromatic nitrogens is 2. The van der Waals surface area contributed by atoms with Gasteiger partial charge in [0.15, 0.2) is 5.96 Å². The Morgan fingerprint density at radius 3 is 2.52 bits per heavy atom. The van der Waals surface area contributed by atoms with Crippen LogP contribution in [0.5, 0.6) is 0 Å². The highest BCUT2D eigenvalue weighted by atomic mass is 127. The van der Waals surface area contributed by atoms with E-state index < -0.39 is 0 Å². The van der Waals surface area contributed by atoms with E-state index in [1.165, 1.54) is 36.9 Å². The summed E-state index contributed by atoms with van der Waals surface area (Å²) in [7, 11) is 5.64. The van der Waals surface area contributed by atoms with Crippen molar-refractivity contribution in [2.75, 3.05) is 27.3 Å². The molecule has 1 unspecified atom stereocenters. The molecule has 0 saturated heterocycles.